The molecule has 1 aromatic rings. The molecule has 2 heterocycles. The van der Waals surface area contributed by atoms with Crippen LogP contribution in [0.25, 0.3) is 10.4 Å². The Morgan fingerprint density at radius 2 is 2.47 bits per heavy atom. The van der Waals surface area contributed by atoms with Crippen molar-refractivity contribution in [3.63, 3.8) is 0 Å². The van der Waals surface area contributed by atoms with Gasteiger partial charge in [-0.1, -0.05) is 5.11 Å². The van der Waals surface area contributed by atoms with Gasteiger partial charge in [-0.2, -0.15) is 5.26 Å². The third kappa shape index (κ3) is 1.62. The first-order valence-corrected chi connectivity index (χ1v) is 5.89. The third-order valence-electron chi connectivity index (χ3n) is 3.75. The first-order chi connectivity index (χ1) is 9.17. The topological polar surface area (TPSA) is 106 Å². The fraction of sp³-hybridized carbons (Fsp3) is 0.417. The zero-order valence-electron chi connectivity index (χ0n) is 10.2. The molecule has 2 aliphatic rings. The zero-order chi connectivity index (χ0) is 13.6. The van der Waals surface area contributed by atoms with Crippen LogP contribution in [-0.4, -0.2) is 24.0 Å². The molecule has 19 heavy (non-hydrogen) atoms. The maximum atomic E-state index is 12.2. The van der Waals surface area contributed by atoms with E-state index in [1.165, 1.54) is 11.1 Å². The van der Waals surface area contributed by atoms with Crippen molar-refractivity contribution in [3.05, 3.63) is 33.8 Å². The summed E-state index contributed by atoms with van der Waals surface area (Å²) in [6.45, 7) is 0. The lowest BCUT2D eigenvalue weighted by atomic mass is 10.1. The van der Waals surface area contributed by atoms with Crippen molar-refractivity contribution in [2.24, 2.45) is 11.0 Å². The van der Waals surface area contributed by atoms with E-state index in [-0.39, 0.29) is 17.7 Å². The smallest absolute Gasteiger partial charge is 0.237 e. The number of nitriles is 1. The summed E-state index contributed by atoms with van der Waals surface area (Å²) in [7, 11) is 1.62. The lowest BCUT2D eigenvalue weighted by Crippen LogP contribution is -2.36. The summed E-state index contributed by atoms with van der Waals surface area (Å²) in [5.74, 6) is 0.511. The molecule has 1 amide bonds. The van der Waals surface area contributed by atoms with E-state index in [4.69, 9.17) is 10.8 Å². The molecule has 0 N–H and O–H groups in total. The highest BCUT2D eigenvalue weighted by molar-refractivity contribution is 5.98. The van der Waals surface area contributed by atoms with E-state index in [1.54, 1.807) is 13.1 Å². The van der Waals surface area contributed by atoms with Gasteiger partial charge in [-0.15, -0.1) is 0 Å². The maximum Gasteiger partial charge on any atom is 0.237 e. The van der Waals surface area contributed by atoms with Crippen molar-refractivity contribution in [1.82, 2.24) is 4.98 Å². The summed E-state index contributed by atoms with van der Waals surface area (Å²) >= 11 is 0. The van der Waals surface area contributed by atoms with Gasteiger partial charge in [0.1, 0.15) is 17.9 Å². The number of pyridine rings is 1. The minimum atomic E-state index is -0.667. The van der Waals surface area contributed by atoms with Crippen molar-refractivity contribution in [2.45, 2.75) is 18.4 Å². The van der Waals surface area contributed by atoms with Gasteiger partial charge in [0, 0.05) is 18.2 Å². The molecule has 7 nitrogen and oxygen atoms in total. The molecule has 0 aromatic carbocycles. The van der Waals surface area contributed by atoms with Gasteiger partial charge in [0.2, 0.25) is 5.91 Å². The van der Waals surface area contributed by atoms with Crippen LogP contribution in [0.5, 0.6) is 0 Å². The largest absolute Gasteiger partial charge is 0.299 e. The first-order valence-electron chi connectivity index (χ1n) is 5.89. The number of carbonyl (C=O) groups is 1. The van der Waals surface area contributed by atoms with Gasteiger partial charge in [0.05, 0.1) is 5.56 Å². The summed E-state index contributed by atoms with van der Waals surface area (Å²) in [6, 6.07) is 3.16. The van der Waals surface area contributed by atoms with Crippen molar-refractivity contribution in [2.75, 3.05) is 11.9 Å². The van der Waals surface area contributed by atoms with E-state index in [2.05, 4.69) is 21.1 Å². The second-order valence-electron chi connectivity index (χ2n) is 4.80. The van der Waals surface area contributed by atoms with Crippen LogP contribution in [0.4, 0.5) is 5.82 Å². The number of carbonyl (C=O) groups excluding carboxylic acids is 1. The monoisotopic (exact) mass is 254 g/mol. The summed E-state index contributed by atoms with van der Waals surface area (Å²) in [5, 5.41) is 12.5. The van der Waals surface area contributed by atoms with E-state index in [0.29, 0.717) is 11.4 Å². The van der Waals surface area contributed by atoms with Crippen LogP contribution in [0.1, 0.15) is 23.5 Å². The summed E-state index contributed by atoms with van der Waals surface area (Å²) in [5.41, 5.74) is 9.96. The van der Waals surface area contributed by atoms with Gasteiger partial charge in [0.25, 0.3) is 0 Å². The number of rotatable bonds is 1. The van der Waals surface area contributed by atoms with Crippen LogP contribution in [0.2, 0.25) is 0 Å². The van der Waals surface area contributed by atoms with Gasteiger partial charge in [-0.25, -0.2) is 4.98 Å². The van der Waals surface area contributed by atoms with E-state index in [1.807, 2.05) is 0 Å². The van der Waals surface area contributed by atoms with Crippen LogP contribution in [0.15, 0.2) is 17.4 Å². The number of aromatic nitrogens is 1. The standard InChI is InChI=1S/C12H10N6O/c1-18-11-9(2-6(4-13)5-15-11)7-3-8(7)10(12(18)19)16-17-14/h2,5,7-8,10H,3H2,1H3. The molecule has 0 saturated heterocycles. The number of amides is 1. The van der Waals surface area contributed by atoms with Crippen molar-refractivity contribution in [1.29, 1.82) is 5.26 Å². The molecule has 1 aliphatic heterocycles. The molecule has 3 rings (SSSR count). The van der Waals surface area contributed by atoms with Crippen molar-refractivity contribution in [3.8, 4) is 6.07 Å². The van der Waals surface area contributed by atoms with Crippen LogP contribution >= 0.6 is 0 Å². The molecule has 7 heteroatoms. The normalized spacial score (nSPS) is 27.5. The van der Waals surface area contributed by atoms with Crippen LogP contribution in [0, 0.1) is 17.2 Å². The molecule has 94 valence electrons. The fourth-order valence-electron chi connectivity index (χ4n) is 2.69. The molecule has 3 unspecified atom stereocenters. The highest BCUT2D eigenvalue weighted by Crippen LogP contribution is 2.54. The second kappa shape index (κ2) is 3.97. The predicted octanol–water partition coefficient (Wildman–Crippen LogP) is 1.71. The SMILES string of the molecule is CN1C(=O)C(N=[N+]=[N-])C2CC2c2cc(C#N)cnc21. The molecule has 0 bridgehead atoms. The molecule has 1 aromatic heterocycles. The number of azide groups is 1. The number of fused-ring (bicyclic) bond motifs is 3. The van der Waals surface area contributed by atoms with Gasteiger partial charge in [0.15, 0.2) is 0 Å². The molecule has 0 radical (unpaired) electrons. The average Bonchev–Trinajstić information content (AvgIpc) is 3.22. The predicted molar refractivity (Wildman–Crippen MR) is 66.1 cm³/mol. The van der Waals surface area contributed by atoms with E-state index in [0.717, 1.165) is 12.0 Å². The fourth-order valence-corrected chi connectivity index (χ4v) is 2.69. The molecular weight excluding hydrogens is 244 g/mol. The number of hydrogen-bond donors (Lipinski definition) is 0. The Labute approximate surface area is 109 Å². The number of nitrogens with zero attached hydrogens (tertiary/aromatic N) is 6. The van der Waals surface area contributed by atoms with E-state index in [9.17, 15) is 4.79 Å². The van der Waals surface area contributed by atoms with Crippen LogP contribution in [0.3, 0.4) is 0 Å². The van der Waals surface area contributed by atoms with Gasteiger partial charge in [-0.05, 0) is 35.4 Å². The summed E-state index contributed by atoms with van der Waals surface area (Å²) < 4.78 is 0. The van der Waals surface area contributed by atoms with Crippen molar-refractivity contribution < 1.29 is 4.79 Å². The third-order valence-corrected chi connectivity index (χ3v) is 3.75. The Hall–Kier alpha value is -2.58. The average molecular weight is 254 g/mol. The number of anilines is 1. The maximum absolute atomic E-state index is 12.2. The minimum Gasteiger partial charge on any atom is -0.299 e. The quantitative estimate of drug-likeness (QED) is 0.432. The summed E-state index contributed by atoms with van der Waals surface area (Å²) in [4.78, 5) is 20.6. The molecule has 1 aliphatic carbocycles. The Balaban J connectivity index is 2.12. The Morgan fingerprint density at radius 1 is 1.68 bits per heavy atom. The summed E-state index contributed by atoms with van der Waals surface area (Å²) in [6.07, 6.45) is 2.25. The van der Waals surface area contributed by atoms with Crippen LogP contribution in [-0.2, 0) is 4.79 Å². The van der Waals surface area contributed by atoms with Gasteiger partial charge in [-0.3, -0.25) is 9.69 Å². The number of likely N-dealkylation sites (N-methyl/N-ethyl adjacent to an activating group) is 1. The minimum absolute atomic E-state index is 0.0304. The zero-order valence-corrected chi connectivity index (χ0v) is 10.2. The Bertz CT molecular complexity index is 657. The van der Waals surface area contributed by atoms with Gasteiger partial charge >= 0.3 is 0 Å². The Kier molecular flexibility index (Phi) is 2.40. The molecule has 0 spiro atoms. The van der Waals surface area contributed by atoms with Gasteiger partial charge < -0.3 is 0 Å². The lowest BCUT2D eigenvalue weighted by molar-refractivity contribution is -0.119. The van der Waals surface area contributed by atoms with Crippen LogP contribution < -0.4 is 4.90 Å². The lowest BCUT2D eigenvalue weighted by Gasteiger charge is -2.19. The van der Waals surface area contributed by atoms with Crippen molar-refractivity contribution >= 4 is 11.7 Å². The first kappa shape index (κ1) is 11.5. The highest BCUT2D eigenvalue weighted by Gasteiger charge is 2.51. The highest BCUT2D eigenvalue weighted by atomic mass is 16.2. The van der Waals surface area contributed by atoms with E-state index < -0.39 is 6.04 Å². The molecule has 1 fully saturated rings. The Morgan fingerprint density at radius 3 is 3.16 bits per heavy atom. The second-order valence-corrected chi connectivity index (χ2v) is 4.80. The molecule has 3 atom stereocenters. The number of hydrogen-bond acceptors (Lipinski definition) is 4. The molecule has 1 saturated carbocycles. The van der Waals surface area contributed by atoms with E-state index >= 15 is 0 Å². The molecular formula is C12H10N6O.